The quantitative estimate of drug-likeness (QED) is 0.436. The van der Waals surface area contributed by atoms with Gasteiger partial charge < -0.3 is 0 Å². The van der Waals surface area contributed by atoms with Crippen molar-refractivity contribution in [1.29, 1.82) is 0 Å². The minimum absolute atomic E-state index is 0.880. The molecule has 5 aromatic rings. The van der Waals surface area contributed by atoms with Crippen LogP contribution in [0.25, 0.3) is 33.6 Å². The van der Waals surface area contributed by atoms with E-state index in [1.54, 1.807) is 0 Å². The molecule has 1 aromatic carbocycles. The highest BCUT2D eigenvalue weighted by molar-refractivity contribution is 5.89. The molecule has 118 valence electrons. The largest absolute Gasteiger partial charge is 0.269 e. The van der Waals surface area contributed by atoms with Gasteiger partial charge >= 0.3 is 0 Å². The van der Waals surface area contributed by atoms with Crippen LogP contribution in [0.2, 0.25) is 0 Å². The summed E-state index contributed by atoms with van der Waals surface area (Å²) in [4.78, 5) is 8.70. The van der Waals surface area contributed by atoms with Gasteiger partial charge in [0.1, 0.15) is 12.1 Å². The maximum absolute atomic E-state index is 4.35. The van der Waals surface area contributed by atoms with E-state index in [4.69, 9.17) is 0 Å². The van der Waals surface area contributed by atoms with E-state index in [-0.39, 0.29) is 0 Å². The molecule has 0 atom stereocenters. The number of benzene rings is 1. The Morgan fingerprint density at radius 3 is 2.64 bits per heavy atom. The minimum Gasteiger partial charge on any atom is -0.269 e. The lowest BCUT2D eigenvalue weighted by Crippen LogP contribution is -2.29. The second kappa shape index (κ2) is 4.54. The smallest absolute Gasteiger partial charge is 0.260 e. The van der Waals surface area contributed by atoms with Crippen molar-refractivity contribution in [3.05, 3.63) is 79.1 Å². The minimum atomic E-state index is 0.880. The van der Waals surface area contributed by atoms with E-state index >= 15 is 0 Å². The summed E-state index contributed by atoms with van der Waals surface area (Å²) in [6, 6.07) is 14.7. The van der Waals surface area contributed by atoms with E-state index in [9.17, 15) is 0 Å². The van der Waals surface area contributed by atoms with Gasteiger partial charge in [-0.1, -0.05) is 18.2 Å². The molecular weight excluding hydrogens is 310 g/mol. The van der Waals surface area contributed by atoms with E-state index < -0.39 is 0 Å². The molecule has 0 aliphatic carbocycles. The Bertz CT molecular complexity index is 1260. The molecule has 5 heteroatoms. The second-order valence-corrected chi connectivity index (χ2v) is 6.35. The van der Waals surface area contributed by atoms with Gasteiger partial charge in [-0.3, -0.25) is 14.5 Å². The van der Waals surface area contributed by atoms with Crippen molar-refractivity contribution in [1.82, 2.24) is 18.9 Å². The van der Waals surface area contributed by atoms with Crippen LogP contribution in [0.1, 0.15) is 5.56 Å². The van der Waals surface area contributed by atoms with E-state index in [0.29, 0.717) is 0 Å². The van der Waals surface area contributed by atoms with Crippen LogP contribution < -0.4 is 4.57 Å². The Morgan fingerprint density at radius 2 is 1.72 bits per heavy atom. The lowest BCUT2D eigenvalue weighted by atomic mass is 10.1. The van der Waals surface area contributed by atoms with Crippen molar-refractivity contribution in [2.24, 2.45) is 0 Å². The van der Waals surface area contributed by atoms with Gasteiger partial charge in [0, 0.05) is 29.8 Å². The summed E-state index contributed by atoms with van der Waals surface area (Å²) >= 11 is 0. The first-order valence-electron chi connectivity index (χ1n) is 8.29. The Kier molecular flexibility index (Phi) is 2.34. The standard InChI is InChI=1S/C20H14N5/c1-2-4-15(5-3-1)25-17-7-9-22-11-18(17)24-13-23-12-14-6-8-21-10-16(14)19(23)20(24)25/h1-11,13H,12H2/q+1. The fourth-order valence-electron chi connectivity index (χ4n) is 3.94. The molecule has 6 rings (SSSR count). The monoisotopic (exact) mass is 324 g/mol. The summed E-state index contributed by atoms with van der Waals surface area (Å²) < 4.78 is 6.85. The van der Waals surface area contributed by atoms with Crippen LogP contribution in [0, 0.1) is 0 Å². The fraction of sp³-hybridized carbons (Fsp3) is 0.0500. The number of pyridine rings is 2. The highest BCUT2D eigenvalue weighted by atomic mass is 15.2. The summed E-state index contributed by atoms with van der Waals surface area (Å²) in [5.41, 5.74) is 8.29. The summed E-state index contributed by atoms with van der Waals surface area (Å²) in [6.45, 7) is 0.880. The van der Waals surface area contributed by atoms with E-state index in [1.165, 1.54) is 16.8 Å². The van der Waals surface area contributed by atoms with E-state index in [0.717, 1.165) is 28.9 Å². The summed E-state index contributed by atoms with van der Waals surface area (Å²) in [7, 11) is 0. The molecule has 0 amide bonds. The van der Waals surface area contributed by atoms with E-state index in [2.05, 4.69) is 66.2 Å². The third kappa shape index (κ3) is 1.59. The maximum atomic E-state index is 4.35. The van der Waals surface area contributed by atoms with Gasteiger partial charge in [-0.2, -0.15) is 4.40 Å². The Balaban J connectivity index is 1.84. The van der Waals surface area contributed by atoms with Gasteiger partial charge in [-0.05, 0) is 24.3 Å². The Labute approximate surface area is 143 Å². The van der Waals surface area contributed by atoms with E-state index in [1.807, 2.05) is 30.9 Å². The molecule has 25 heavy (non-hydrogen) atoms. The van der Waals surface area contributed by atoms with Crippen LogP contribution in [0.3, 0.4) is 0 Å². The third-order valence-corrected chi connectivity index (χ3v) is 4.99. The van der Waals surface area contributed by atoms with Gasteiger partial charge in [0.2, 0.25) is 5.69 Å². The van der Waals surface area contributed by atoms with Crippen molar-refractivity contribution < 1.29 is 4.57 Å². The van der Waals surface area contributed by atoms with Crippen LogP contribution in [-0.4, -0.2) is 18.9 Å². The normalized spacial score (nSPS) is 12.6. The maximum Gasteiger partial charge on any atom is 0.260 e. The van der Waals surface area contributed by atoms with Crippen LogP contribution >= 0.6 is 0 Å². The number of nitrogens with zero attached hydrogens (tertiary/aromatic N) is 5. The number of para-hydroxylation sites is 1. The zero-order chi connectivity index (χ0) is 16.4. The van der Waals surface area contributed by atoms with Crippen molar-refractivity contribution >= 4 is 16.7 Å². The summed E-state index contributed by atoms with van der Waals surface area (Å²) in [5.74, 6) is 0. The summed E-state index contributed by atoms with van der Waals surface area (Å²) in [5, 5.41) is 0. The molecule has 0 fully saturated rings. The van der Waals surface area contributed by atoms with Crippen LogP contribution in [-0.2, 0) is 6.54 Å². The fourth-order valence-corrected chi connectivity index (χ4v) is 3.94. The molecule has 0 spiro atoms. The zero-order valence-corrected chi connectivity index (χ0v) is 13.4. The second-order valence-electron chi connectivity index (χ2n) is 6.35. The van der Waals surface area contributed by atoms with Crippen LogP contribution in [0.5, 0.6) is 0 Å². The molecule has 0 bridgehead atoms. The van der Waals surface area contributed by atoms with Gasteiger partial charge in [-0.15, -0.1) is 0 Å². The summed E-state index contributed by atoms with van der Waals surface area (Å²) in [6.07, 6.45) is 9.80. The average molecular weight is 324 g/mol. The lowest BCUT2D eigenvalue weighted by molar-refractivity contribution is -0.671. The van der Waals surface area contributed by atoms with Gasteiger partial charge in [0.05, 0.1) is 11.8 Å². The molecule has 4 aromatic heterocycles. The molecule has 0 saturated carbocycles. The third-order valence-electron chi connectivity index (χ3n) is 4.99. The molecule has 1 aliphatic rings. The predicted molar refractivity (Wildman–Crippen MR) is 94.6 cm³/mol. The highest BCUT2D eigenvalue weighted by Gasteiger charge is 2.33. The highest BCUT2D eigenvalue weighted by Crippen LogP contribution is 2.34. The first-order valence-corrected chi connectivity index (χ1v) is 8.29. The van der Waals surface area contributed by atoms with Gasteiger partial charge in [0.15, 0.2) is 5.52 Å². The van der Waals surface area contributed by atoms with Crippen LogP contribution in [0.4, 0.5) is 0 Å². The molecule has 0 radical (unpaired) electrons. The number of hydrogen-bond donors (Lipinski definition) is 0. The van der Waals surface area contributed by atoms with Gasteiger partial charge in [0.25, 0.3) is 12.0 Å². The average Bonchev–Trinajstić information content (AvgIpc) is 3.29. The first-order chi connectivity index (χ1) is 12.4. The molecule has 0 unspecified atom stereocenters. The Hall–Kier alpha value is -3.47. The molecule has 5 heterocycles. The molecule has 0 saturated heterocycles. The van der Waals surface area contributed by atoms with Crippen molar-refractivity contribution in [3.8, 4) is 16.9 Å². The molecular formula is C20H14N5+. The predicted octanol–water partition coefficient (Wildman–Crippen LogP) is 2.99. The molecule has 1 aliphatic heterocycles. The number of imidazole rings is 2. The number of hydrogen-bond acceptors (Lipinski definition) is 2. The number of aromatic nitrogens is 5. The SMILES string of the molecule is c1ccc(-n2c3ccncc3n3c[n+]4c(c23)-c2cnccc2C4)cc1. The molecule has 0 N–H and O–H groups in total. The van der Waals surface area contributed by atoms with Crippen LogP contribution in [0.15, 0.2) is 73.6 Å². The lowest BCUT2D eigenvalue weighted by Gasteiger charge is -2.04. The first kappa shape index (κ1) is 12.9. The van der Waals surface area contributed by atoms with Crippen molar-refractivity contribution in [2.75, 3.05) is 0 Å². The number of rotatable bonds is 1. The zero-order valence-electron chi connectivity index (χ0n) is 13.4. The number of fused-ring (bicyclic) bond motifs is 7. The topological polar surface area (TPSA) is 39.0 Å². The van der Waals surface area contributed by atoms with Gasteiger partial charge in [-0.25, -0.2) is 4.57 Å². The Morgan fingerprint density at radius 1 is 0.880 bits per heavy atom. The van der Waals surface area contributed by atoms with Crippen molar-refractivity contribution in [2.45, 2.75) is 6.54 Å². The van der Waals surface area contributed by atoms with Crippen molar-refractivity contribution in [3.63, 3.8) is 0 Å². The molecule has 5 nitrogen and oxygen atoms in total.